The largest absolute Gasteiger partial charge is 0.303 e. The van der Waals surface area contributed by atoms with Crippen LogP contribution in [0.4, 0.5) is 0 Å². The molecule has 3 nitrogen and oxygen atoms in total. The monoisotopic (exact) mass is 291 g/mol. The maximum absolute atomic E-state index is 12.5. The molecule has 1 atom stereocenters. The zero-order valence-electron chi connectivity index (χ0n) is 13.6. The molecule has 1 fully saturated rings. The number of nitrogens with zero attached hydrogens (tertiary/aromatic N) is 1. The van der Waals surface area contributed by atoms with Gasteiger partial charge in [-0.2, -0.15) is 0 Å². The van der Waals surface area contributed by atoms with E-state index >= 15 is 0 Å². The molecule has 0 bridgehead atoms. The Kier molecular flexibility index (Phi) is 6.16. The Morgan fingerprint density at radius 3 is 2.62 bits per heavy atom. The smallest absolute Gasteiger partial charge is 0.159 e. The third-order valence-electron chi connectivity index (χ3n) is 4.75. The van der Waals surface area contributed by atoms with Crippen LogP contribution in [0.2, 0.25) is 0 Å². The average molecular weight is 291 g/mol. The van der Waals surface area contributed by atoms with Crippen LogP contribution in [-0.4, -0.2) is 36.1 Å². The van der Waals surface area contributed by atoms with E-state index in [0.29, 0.717) is 6.42 Å². The fraction of sp³-hybridized carbons (Fsp3) is 0.778. The van der Waals surface area contributed by atoms with Gasteiger partial charge in [0.2, 0.25) is 0 Å². The van der Waals surface area contributed by atoms with Crippen molar-refractivity contribution in [2.24, 2.45) is 11.8 Å². The lowest BCUT2D eigenvalue weighted by Crippen LogP contribution is -2.28. The fourth-order valence-electron chi connectivity index (χ4n) is 3.50. The molecule has 21 heavy (non-hydrogen) atoms. The van der Waals surface area contributed by atoms with Gasteiger partial charge in [0, 0.05) is 23.8 Å². The van der Waals surface area contributed by atoms with Gasteiger partial charge < -0.3 is 4.90 Å². The molecule has 0 aromatic rings. The molecular weight excluding hydrogens is 262 g/mol. The number of allylic oxidation sites excluding steroid dienone is 2. The first-order valence-electron chi connectivity index (χ1n) is 8.59. The first kappa shape index (κ1) is 16.4. The van der Waals surface area contributed by atoms with Gasteiger partial charge >= 0.3 is 0 Å². The molecule has 1 heterocycles. The molecule has 0 N–H and O–H groups in total. The quantitative estimate of drug-likeness (QED) is 0.721. The molecule has 1 aliphatic heterocycles. The lowest BCUT2D eigenvalue weighted by molar-refractivity contribution is -0.127. The lowest BCUT2D eigenvalue weighted by atomic mass is 9.79. The lowest BCUT2D eigenvalue weighted by Gasteiger charge is -2.24. The third-order valence-corrected chi connectivity index (χ3v) is 4.75. The number of carbonyl (C=O) groups is 2. The van der Waals surface area contributed by atoms with E-state index in [1.807, 2.05) is 19.9 Å². The predicted molar refractivity (Wildman–Crippen MR) is 85.2 cm³/mol. The van der Waals surface area contributed by atoms with Crippen LogP contribution in [0.3, 0.4) is 0 Å². The summed E-state index contributed by atoms with van der Waals surface area (Å²) in [6.07, 6.45) is 9.01. The molecule has 0 spiro atoms. The van der Waals surface area contributed by atoms with Crippen molar-refractivity contribution < 1.29 is 9.59 Å². The van der Waals surface area contributed by atoms with Gasteiger partial charge in [-0.05, 0) is 58.2 Å². The maximum atomic E-state index is 12.5. The van der Waals surface area contributed by atoms with Gasteiger partial charge in [0.15, 0.2) is 5.78 Å². The Balaban J connectivity index is 1.86. The van der Waals surface area contributed by atoms with Gasteiger partial charge in [-0.3, -0.25) is 9.59 Å². The van der Waals surface area contributed by atoms with E-state index in [4.69, 9.17) is 0 Å². The predicted octanol–water partition coefficient (Wildman–Crippen LogP) is 3.38. The standard InChI is InChI=1S/C18H29NO2/c1-14(2)18(21)16-9-4-3-8-15(16)17(20)10-7-13-19-11-5-6-12-19/h8,14,16H,3-7,9-13H2,1-2H3. The zero-order valence-corrected chi connectivity index (χ0v) is 13.6. The molecule has 2 rings (SSSR count). The molecule has 1 unspecified atom stereocenters. The Bertz CT molecular complexity index is 405. The molecule has 1 saturated heterocycles. The van der Waals surface area contributed by atoms with Crippen LogP contribution in [0, 0.1) is 11.8 Å². The van der Waals surface area contributed by atoms with E-state index in [-0.39, 0.29) is 23.4 Å². The normalized spacial score (nSPS) is 23.4. The number of ketones is 2. The van der Waals surface area contributed by atoms with Crippen molar-refractivity contribution in [2.75, 3.05) is 19.6 Å². The number of likely N-dealkylation sites (tertiary alicyclic amines) is 1. The molecule has 0 aromatic heterocycles. The number of hydrogen-bond donors (Lipinski definition) is 0. The summed E-state index contributed by atoms with van der Waals surface area (Å²) in [7, 11) is 0. The van der Waals surface area contributed by atoms with Crippen molar-refractivity contribution in [3.63, 3.8) is 0 Å². The van der Waals surface area contributed by atoms with E-state index in [9.17, 15) is 9.59 Å². The van der Waals surface area contributed by atoms with Crippen LogP contribution in [0.25, 0.3) is 0 Å². The molecule has 0 amide bonds. The van der Waals surface area contributed by atoms with Gasteiger partial charge in [0.1, 0.15) is 5.78 Å². The Morgan fingerprint density at radius 1 is 1.24 bits per heavy atom. The van der Waals surface area contributed by atoms with Gasteiger partial charge in [-0.25, -0.2) is 0 Å². The minimum atomic E-state index is -0.127. The van der Waals surface area contributed by atoms with Crippen molar-refractivity contribution in [1.29, 1.82) is 0 Å². The second kappa shape index (κ2) is 7.88. The molecule has 3 heteroatoms. The van der Waals surface area contributed by atoms with Crippen molar-refractivity contribution >= 4 is 11.6 Å². The third kappa shape index (κ3) is 4.50. The Labute approximate surface area is 128 Å². The van der Waals surface area contributed by atoms with Crippen molar-refractivity contribution in [2.45, 2.75) is 58.8 Å². The van der Waals surface area contributed by atoms with Crippen LogP contribution in [-0.2, 0) is 9.59 Å². The molecular formula is C18H29NO2. The molecule has 0 radical (unpaired) electrons. The van der Waals surface area contributed by atoms with E-state index in [0.717, 1.165) is 37.8 Å². The number of carbonyl (C=O) groups excluding carboxylic acids is 2. The highest BCUT2D eigenvalue weighted by Gasteiger charge is 2.30. The minimum absolute atomic E-state index is 0.0221. The summed E-state index contributed by atoms with van der Waals surface area (Å²) in [5.74, 6) is 0.355. The zero-order chi connectivity index (χ0) is 15.2. The van der Waals surface area contributed by atoms with E-state index in [1.165, 1.54) is 25.9 Å². The average Bonchev–Trinajstić information content (AvgIpc) is 2.99. The summed E-state index contributed by atoms with van der Waals surface area (Å²) < 4.78 is 0. The molecule has 2 aliphatic rings. The van der Waals surface area contributed by atoms with Crippen LogP contribution in [0.5, 0.6) is 0 Å². The summed E-state index contributed by atoms with van der Waals surface area (Å²) in [4.78, 5) is 27.2. The van der Waals surface area contributed by atoms with Gasteiger partial charge in [0.25, 0.3) is 0 Å². The van der Waals surface area contributed by atoms with Gasteiger partial charge in [-0.1, -0.05) is 19.9 Å². The van der Waals surface area contributed by atoms with E-state index in [1.54, 1.807) is 0 Å². The Hall–Kier alpha value is -0.960. The van der Waals surface area contributed by atoms with E-state index < -0.39 is 0 Å². The molecule has 118 valence electrons. The number of rotatable bonds is 7. The van der Waals surface area contributed by atoms with Gasteiger partial charge in [0.05, 0.1) is 0 Å². The van der Waals surface area contributed by atoms with Crippen LogP contribution in [0.15, 0.2) is 11.6 Å². The van der Waals surface area contributed by atoms with Crippen LogP contribution >= 0.6 is 0 Å². The first-order chi connectivity index (χ1) is 10.1. The fourth-order valence-corrected chi connectivity index (χ4v) is 3.50. The number of hydrogen-bond acceptors (Lipinski definition) is 3. The topological polar surface area (TPSA) is 37.4 Å². The molecule has 0 aromatic carbocycles. The second-order valence-corrected chi connectivity index (χ2v) is 6.78. The number of Topliss-reactive ketones (excluding diaryl/α,β-unsaturated/α-hetero) is 2. The van der Waals surface area contributed by atoms with E-state index in [2.05, 4.69) is 4.90 Å². The highest BCUT2D eigenvalue weighted by Crippen LogP contribution is 2.29. The van der Waals surface area contributed by atoms with Crippen molar-refractivity contribution in [3.05, 3.63) is 11.6 Å². The summed E-state index contributed by atoms with van der Waals surface area (Å²) in [5.41, 5.74) is 0.821. The van der Waals surface area contributed by atoms with Crippen molar-refractivity contribution in [3.8, 4) is 0 Å². The van der Waals surface area contributed by atoms with Crippen molar-refractivity contribution in [1.82, 2.24) is 4.90 Å². The Morgan fingerprint density at radius 2 is 1.95 bits per heavy atom. The summed E-state index contributed by atoms with van der Waals surface area (Å²) in [5, 5.41) is 0. The minimum Gasteiger partial charge on any atom is -0.303 e. The molecule has 0 saturated carbocycles. The molecule has 1 aliphatic carbocycles. The van der Waals surface area contributed by atoms with Crippen LogP contribution < -0.4 is 0 Å². The highest BCUT2D eigenvalue weighted by atomic mass is 16.1. The summed E-state index contributed by atoms with van der Waals surface area (Å²) in [6.45, 7) is 7.28. The highest BCUT2D eigenvalue weighted by molar-refractivity contribution is 6.02. The maximum Gasteiger partial charge on any atom is 0.159 e. The second-order valence-electron chi connectivity index (χ2n) is 6.78. The SMILES string of the molecule is CC(C)C(=O)C1CCCC=C1C(=O)CCCN1CCCC1. The summed E-state index contributed by atoms with van der Waals surface area (Å²) in [6, 6.07) is 0. The van der Waals surface area contributed by atoms with Crippen LogP contribution in [0.1, 0.15) is 58.8 Å². The van der Waals surface area contributed by atoms with Gasteiger partial charge in [-0.15, -0.1) is 0 Å². The first-order valence-corrected chi connectivity index (χ1v) is 8.59. The summed E-state index contributed by atoms with van der Waals surface area (Å²) >= 11 is 0.